The van der Waals surface area contributed by atoms with Crippen molar-refractivity contribution in [2.24, 2.45) is 0 Å². The molecule has 0 N–H and O–H groups in total. The van der Waals surface area contributed by atoms with E-state index < -0.39 is 10.0 Å². The van der Waals surface area contributed by atoms with E-state index in [4.69, 9.17) is 0 Å². The number of hydrogen-bond donors (Lipinski definition) is 0. The van der Waals surface area contributed by atoms with Gasteiger partial charge in [0.05, 0.1) is 12.6 Å². The van der Waals surface area contributed by atoms with E-state index >= 15 is 0 Å². The highest BCUT2D eigenvalue weighted by Gasteiger charge is 2.35. The largest absolute Gasteiger partial charge is 0.330 e. The minimum Gasteiger partial charge on any atom is -0.330 e. The molecule has 2 aromatic carbocycles. The van der Waals surface area contributed by atoms with Crippen LogP contribution in [0.3, 0.4) is 0 Å². The smallest absolute Gasteiger partial charge is 0.238 e. The van der Waals surface area contributed by atoms with Gasteiger partial charge in [0.2, 0.25) is 15.9 Å². The first-order valence-electron chi connectivity index (χ1n) is 12.7. The molecule has 3 aromatic rings. The molecule has 7 heteroatoms. The number of amides is 1. The normalized spacial score (nSPS) is 16.5. The second-order valence-electron chi connectivity index (χ2n) is 10.8. The van der Waals surface area contributed by atoms with Crippen molar-refractivity contribution in [1.82, 2.24) is 9.21 Å². The van der Waals surface area contributed by atoms with Gasteiger partial charge >= 0.3 is 0 Å². The lowest BCUT2D eigenvalue weighted by Gasteiger charge is -2.38. The summed E-state index contributed by atoms with van der Waals surface area (Å²) in [7, 11) is -3.80. The molecule has 0 radical (unpaired) electrons. The SMILES string of the molecule is CC(C)N(CC(=O)N1CCc2sccc2C1c1ccc(C(C)(C)C)cc1)S(=O)(=O)/C=C/c1ccccc1. The Kier molecular flexibility index (Phi) is 8.07. The van der Waals surface area contributed by atoms with Crippen LogP contribution in [-0.4, -0.2) is 42.7 Å². The molecule has 1 aliphatic rings. The van der Waals surface area contributed by atoms with E-state index in [9.17, 15) is 13.2 Å². The van der Waals surface area contributed by atoms with Crippen LogP contribution in [0.5, 0.6) is 0 Å². The van der Waals surface area contributed by atoms with E-state index in [0.717, 1.165) is 23.1 Å². The van der Waals surface area contributed by atoms with Gasteiger partial charge in [-0.3, -0.25) is 4.79 Å². The second kappa shape index (κ2) is 10.9. The maximum absolute atomic E-state index is 13.8. The molecule has 196 valence electrons. The first kappa shape index (κ1) is 27.3. The first-order valence-corrected chi connectivity index (χ1v) is 15.1. The molecule has 0 aliphatic carbocycles. The standard InChI is InChI=1S/C30H36N2O3S2/c1-22(2)32(37(34,35)20-17-23-9-7-6-8-10-23)21-28(33)31-18-15-27-26(16-19-36-27)29(31)24-11-13-25(14-12-24)30(3,4)5/h6-14,16-17,19-20,22,29H,15,18,21H2,1-5H3/b20-17+. The Morgan fingerprint density at radius 1 is 1.08 bits per heavy atom. The quantitative estimate of drug-likeness (QED) is 0.360. The lowest BCUT2D eigenvalue weighted by atomic mass is 9.85. The van der Waals surface area contributed by atoms with Gasteiger partial charge in [0.1, 0.15) is 0 Å². The summed E-state index contributed by atoms with van der Waals surface area (Å²) in [5.74, 6) is -0.188. The third kappa shape index (κ3) is 6.22. The van der Waals surface area contributed by atoms with Crippen LogP contribution in [-0.2, 0) is 26.7 Å². The van der Waals surface area contributed by atoms with Crippen molar-refractivity contribution in [3.63, 3.8) is 0 Å². The zero-order valence-corrected chi connectivity index (χ0v) is 23.9. The maximum Gasteiger partial charge on any atom is 0.238 e. The van der Waals surface area contributed by atoms with Crippen molar-refractivity contribution < 1.29 is 13.2 Å². The highest BCUT2D eigenvalue weighted by molar-refractivity contribution is 7.92. The molecular formula is C30H36N2O3S2. The molecule has 5 nitrogen and oxygen atoms in total. The number of fused-ring (bicyclic) bond motifs is 1. The van der Waals surface area contributed by atoms with Crippen LogP contribution in [0.15, 0.2) is 71.5 Å². The number of carbonyl (C=O) groups is 1. The average molecular weight is 537 g/mol. The predicted octanol–water partition coefficient (Wildman–Crippen LogP) is 6.23. The van der Waals surface area contributed by atoms with Gasteiger partial charge in [-0.2, -0.15) is 4.31 Å². The Balaban J connectivity index is 1.62. The van der Waals surface area contributed by atoms with E-state index in [1.807, 2.05) is 35.2 Å². The van der Waals surface area contributed by atoms with Crippen LogP contribution < -0.4 is 0 Å². The summed E-state index contributed by atoms with van der Waals surface area (Å²) < 4.78 is 27.8. The lowest BCUT2D eigenvalue weighted by Crippen LogP contribution is -2.48. The summed E-state index contributed by atoms with van der Waals surface area (Å²) in [5, 5.41) is 3.28. The molecule has 1 aromatic heterocycles. The summed E-state index contributed by atoms with van der Waals surface area (Å²) in [6.07, 6.45) is 2.35. The number of hydrogen-bond acceptors (Lipinski definition) is 4. The molecule has 0 saturated carbocycles. The Bertz CT molecular complexity index is 1350. The Morgan fingerprint density at radius 2 is 1.76 bits per heavy atom. The highest BCUT2D eigenvalue weighted by Crippen LogP contribution is 2.38. The van der Waals surface area contributed by atoms with E-state index in [2.05, 4.69) is 56.5 Å². The topological polar surface area (TPSA) is 57.7 Å². The Hall–Kier alpha value is -2.74. The van der Waals surface area contributed by atoms with Crippen LogP contribution in [0, 0.1) is 0 Å². The Labute approximate surface area is 225 Å². The fourth-order valence-corrected chi connectivity index (χ4v) is 6.97. The van der Waals surface area contributed by atoms with Gasteiger partial charge in [-0.1, -0.05) is 75.4 Å². The van der Waals surface area contributed by atoms with E-state index in [-0.39, 0.29) is 30.0 Å². The summed E-state index contributed by atoms with van der Waals surface area (Å²) in [5.41, 5.74) is 4.24. The minimum absolute atomic E-state index is 0.0353. The number of nitrogens with zero attached hydrogens (tertiary/aromatic N) is 2. The fraction of sp³-hybridized carbons (Fsp3) is 0.367. The van der Waals surface area contributed by atoms with Crippen molar-refractivity contribution >= 4 is 33.3 Å². The zero-order valence-electron chi connectivity index (χ0n) is 22.2. The van der Waals surface area contributed by atoms with Crippen molar-refractivity contribution in [2.75, 3.05) is 13.1 Å². The molecule has 4 rings (SSSR count). The molecule has 0 fully saturated rings. The van der Waals surface area contributed by atoms with Crippen molar-refractivity contribution in [2.45, 2.75) is 58.5 Å². The monoisotopic (exact) mass is 536 g/mol. The highest BCUT2D eigenvalue weighted by atomic mass is 32.2. The molecule has 37 heavy (non-hydrogen) atoms. The van der Waals surface area contributed by atoms with Crippen molar-refractivity contribution in [3.05, 3.63) is 98.6 Å². The summed E-state index contributed by atoms with van der Waals surface area (Å²) in [4.78, 5) is 16.9. The Morgan fingerprint density at radius 3 is 2.38 bits per heavy atom. The molecule has 0 bridgehead atoms. The predicted molar refractivity (Wildman–Crippen MR) is 153 cm³/mol. The van der Waals surface area contributed by atoms with Crippen LogP contribution in [0.25, 0.3) is 6.08 Å². The third-order valence-corrected chi connectivity index (χ3v) is 9.49. The van der Waals surface area contributed by atoms with Crippen molar-refractivity contribution in [3.8, 4) is 0 Å². The minimum atomic E-state index is -3.80. The molecule has 1 atom stereocenters. The number of benzene rings is 2. The van der Waals surface area contributed by atoms with Gasteiger partial charge in [0, 0.05) is 22.9 Å². The van der Waals surface area contributed by atoms with Gasteiger partial charge < -0.3 is 4.90 Å². The zero-order chi connectivity index (χ0) is 26.8. The maximum atomic E-state index is 13.8. The van der Waals surface area contributed by atoms with E-state index in [0.29, 0.717) is 6.54 Å². The van der Waals surface area contributed by atoms with Crippen LogP contribution in [0.1, 0.15) is 67.8 Å². The number of sulfonamides is 1. The third-order valence-electron chi connectivity index (χ3n) is 6.80. The summed E-state index contributed by atoms with van der Waals surface area (Å²) in [6, 6.07) is 19.3. The fourth-order valence-electron chi connectivity index (χ4n) is 4.71. The van der Waals surface area contributed by atoms with Crippen LogP contribution in [0.4, 0.5) is 0 Å². The average Bonchev–Trinajstić information content (AvgIpc) is 3.34. The van der Waals surface area contributed by atoms with Crippen molar-refractivity contribution in [1.29, 1.82) is 0 Å². The van der Waals surface area contributed by atoms with Gasteiger partial charge in [0.15, 0.2) is 0 Å². The lowest BCUT2D eigenvalue weighted by molar-refractivity contribution is -0.133. The summed E-state index contributed by atoms with van der Waals surface area (Å²) in [6.45, 7) is 10.5. The van der Waals surface area contributed by atoms with Crippen LogP contribution >= 0.6 is 11.3 Å². The summed E-state index contributed by atoms with van der Waals surface area (Å²) >= 11 is 1.72. The van der Waals surface area contributed by atoms with E-state index in [1.165, 1.54) is 20.2 Å². The molecule has 2 heterocycles. The molecule has 0 spiro atoms. The second-order valence-corrected chi connectivity index (χ2v) is 13.6. The van der Waals surface area contributed by atoms with Crippen LogP contribution in [0.2, 0.25) is 0 Å². The van der Waals surface area contributed by atoms with Gasteiger partial charge in [-0.05, 0) is 65.5 Å². The molecule has 0 saturated heterocycles. The number of rotatable bonds is 7. The van der Waals surface area contributed by atoms with Gasteiger partial charge in [0.25, 0.3) is 0 Å². The molecular weight excluding hydrogens is 500 g/mol. The first-order chi connectivity index (χ1) is 17.5. The van der Waals surface area contributed by atoms with Gasteiger partial charge in [-0.25, -0.2) is 8.42 Å². The number of thiophene rings is 1. The number of carbonyl (C=O) groups excluding carboxylic acids is 1. The van der Waals surface area contributed by atoms with E-state index in [1.54, 1.807) is 31.3 Å². The molecule has 1 amide bonds. The van der Waals surface area contributed by atoms with Gasteiger partial charge in [-0.15, -0.1) is 11.3 Å². The molecule has 1 aliphatic heterocycles. The molecule has 1 unspecified atom stereocenters.